The summed E-state index contributed by atoms with van der Waals surface area (Å²) in [5.74, 6) is 1.16. The highest BCUT2D eigenvalue weighted by Crippen LogP contribution is 2.40. The van der Waals surface area contributed by atoms with E-state index in [-0.39, 0.29) is 0 Å². The lowest BCUT2D eigenvalue weighted by atomic mass is 9.82. The molecular formula is C14H26N4. The zero-order chi connectivity index (χ0) is 12.8. The molecule has 4 nitrogen and oxygen atoms in total. The van der Waals surface area contributed by atoms with Crippen LogP contribution in [0, 0.1) is 5.41 Å². The Kier molecular flexibility index (Phi) is 4.75. The number of nitrogens with zero attached hydrogens (tertiary/aromatic N) is 3. The Morgan fingerprint density at radius 2 is 2.11 bits per heavy atom. The van der Waals surface area contributed by atoms with Gasteiger partial charge < -0.3 is 5.32 Å². The quantitative estimate of drug-likeness (QED) is 0.756. The average molecular weight is 250 g/mol. The smallest absolute Gasteiger partial charge is 0.138 e. The first kappa shape index (κ1) is 13.5. The lowest BCUT2D eigenvalue weighted by molar-refractivity contribution is 0.268. The van der Waals surface area contributed by atoms with Crippen LogP contribution in [-0.4, -0.2) is 27.9 Å². The van der Waals surface area contributed by atoms with Gasteiger partial charge in [0, 0.05) is 19.5 Å². The van der Waals surface area contributed by atoms with E-state index in [1.807, 2.05) is 4.68 Å². The zero-order valence-corrected chi connectivity index (χ0v) is 11.8. The summed E-state index contributed by atoms with van der Waals surface area (Å²) >= 11 is 0. The van der Waals surface area contributed by atoms with E-state index in [1.54, 1.807) is 6.33 Å². The first-order chi connectivity index (χ1) is 8.79. The van der Waals surface area contributed by atoms with Gasteiger partial charge in [-0.15, -0.1) is 0 Å². The van der Waals surface area contributed by atoms with Crippen LogP contribution in [0.3, 0.4) is 0 Å². The molecule has 1 N–H and O–H groups in total. The second kappa shape index (κ2) is 6.32. The van der Waals surface area contributed by atoms with E-state index in [9.17, 15) is 0 Å². The molecule has 0 radical (unpaired) electrons. The molecule has 2 rings (SSSR count). The summed E-state index contributed by atoms with van der Waals surface area (Å²) in [7, 11) is 0. The lowest BCUT2D eigenvalue weighted by Crippen LogP contribution is -2.35. The summed E-state index contributed by atoms with van der Waals surface area (Å²) < 4.78 is 2.04. The van der Waals surface area contributed by atoms with Crippen molar-refractivity contribution in [2.45, 2.75) is 58.9 Å². The second-order valence-corrected chi connectivity index (χ2v) is 5.55. The Bertz CT molecular complexity index is 352. The van der Waals surface area contributed by atoms with Crippen molar-refractivity contribution in [1.82, 2.24) is 20.1 Å². The minimum Gasteiger partial charge on any atom is -0.316 e. The fourth-order valence-electron chi connectivity index (χ4n) is 3.10. The van der Waals surface area contributed by atoms with E-state index in [0.717, 1.165) is 31.9 Å². The van der Waals surface area contributed by atoms with Crippen LogP contribution < -0.4 is 5.32 Å². The van der Waals surface area contributed by atoms with Crippen molar-refractivity contribution >= 4 is 0 Å². The van der Waals surface area contributed by atoms with Crippen LogP contribution >= 0.6 is 0 Å². The second-order valence-electron chi connectivity index (χ2n) is 5.55. The van der Waals surface area contributed by atoms with Gasteiger partial charge in [-0.25, -0.2) is 4.98 Å². The van der Waals surface area contributed by atoms with Gasteiger partial charge in [-0.3, -0.25) is 4.68 Å². The summed E-state index contributed by atoms with van der Waals surface area (Å²) in [6, 6.07) is 0. The van der Waals surface area contributed by atoms with Gasteiger partial charge in [-0.1, -0.05) is 19.8 Å². The van der Waals surface area contributed by atoms with Crippen LogP contribution in [0.25, 0.3) is 0 Å². The highest BCUT2D eigenvalue weighted by atomic mass is 15.3. The molecule has 0 amide bonds. The molecule has 1 aliphatic carbocycles. The Balaban J connectivity index is 2.01. The standard InChI is InChI=1S/C14H26N4/c1-3-9-15-11-14(7-5-6-8-14)10-13-16-12-17-18(13)4-2/h12,15H,3-11H2,1-2H3. The minimum absolute atomic E-state index is 0.426. The Hall–Kier alpha value is -0.900. The molecule has 1 aromatic rings. The molecule has 0 saturated heterocycles. The largest absolute Gasteiger partial charge is 0.316 e. The van der Waals surface area contributed by atoms with Gasteiger partial charge in [0.05, 0.1) is 0 Å². The van der Waals surface area contributed by atoms with Crippen molar-refractivity contribution < 1.29 is 0 Å². The van der Waals surface area contributed by atoms with Crippen LogP contribution in [0.1, 0.15) is 51.8 Å². The van der Waals surface area contributed by atoms with E-state index in [0.29, 0.717) is 5.41 Å². The van der Waals surface area contributed by atoms with E-state index >= 15 is 0 Å². The number of aromatic nitrogens is 3. The fraction of sp³-hybridized carbons (Fsp3) is 0.857. The van der Waals surface area contributed by atoms with Crippen LogP contribution in [0.2, 0.25) is 0 Å². The van der Waals surface area contributed by atoms with E-state index in [1.165, 1.54) is 32.1 Å². The van der Waals surface area contributed by atoms with E-state index in [4.69, 9.17) is 0 Å². The van der Waals surface area contributed by atoms with Crippen LogP contribution in [0.4, 0.5) is 0 Å². The van der Waals surface area contributed by atoms with Gasteiger partial charge >= 0.3 is 0 Å². The summed E-state index contributed by atoms with van der Waals surface area (Å²) in [6.45, 7) is 7.55. The minimum atomic E-state index is 0.426. The van der Waals surface area contributed by atoms with Crippen molar-refractivity contribution in [1.29, 1.82) is 0 Å². The van der Waals surface area contributed by atoms with E-state index < -0.39 is 0 Å². The number of nitrogens with one attached hydrogen (secondary N) is 1. The first-order valence-corrected chi connectivity index (χ1v) is 7.37. The van der Waals surface area contributed by atoms with E-state index in [2.05, 4.69) is 29.2 Å². The molecule has 0 aromatic carbocycles. The van der Waals surface area contributed by atoms with Crippen molar-refractivity contribution in [3.63, 3.8) is 0 Å². The topological polar surface area (TPSA) is 42.7 Å². The molecule has 4 heteroatoms. The maximum atomic E-state index is 4.45. The van der Waals surface area contributed by atoms with Gasteiger partial charge in [0.2, 0.25) is 0 Å². The van der Waals surface area contributed by atoms with Crippen LogP contribution in [0.5, 0.6) is 0 Å². The third kappa shape index (κ3) is 3.10. The molecule has 18 heavy (non-hydrogen) atoms. The summed E-state index contributed by atoms with van der Waals surface area (Å²) in [6.07, 6.45) is 9.39. The van der Waals surface area contributed by atoms with Gasteiger partial charge in [0.25, 0.3) is 0 Å². The van der Waals surface area contributed by atoms with Crippen molar-refractivity contribution in [2.24, 2.45) is 5.41 Å². The molecule has 0 bridgehead atoms. The maximum Gasteiger partial charge on any atom is 0.138 e. The highest BCUT2D eigenvalue weighted by Gasteiger charge is 2.34. The summed E-state index contributed by atoms with van der Waals surface area (Å²) in [4.78, 5) is 4.45. The molecule has 1 heterocycles. The molecular weight excluding hydrogens is 224 g/mol. The number of aryl methyl sites for hydroxylation is 1. The van der Waals surface area contributed by atoms with Gasteiger partial charge in [0.15, 0.2) is 0 Å². The number of rotatable bonds is 7. The third-order valence-corrected chi connectivity index (χ3v) is 4.12. The molecule has 0 aliphatic heterocycles. The molecule has 0 spiro atoms. The lowest BCUT2D eigenvalue weighted by Gasteiger charge is -2.29. The number of hydrogen-bond acceptors (Lipinski definition) is 3. The van der Waals surface area contributed by atoms with Crippen LogP contribution in [-0.2, 0) is 13.0 Å². The third-order valence-electron chi connectivity index (χ3n) is 4.12. The Morgan fingerprint density at radius 3 is 2.78 bits per heavy atom. The van der Waals surface area contributed by atoms with Crippen molar-refractivity contribution in [2.75, 3.05) is 13.1 Å². The molecule has 1 fully saturated rings. The molecule has 102 valence electrons. The number of hydrogen-bond donors (Lipinski definition) is 1. The zero-order valence-electron chi connectivity index (χ0n) is 11.8. The molecule has 1 saturated carbocycles. The predicted molar refractivity (Wildman–Crippen MR) is 73.5 cm³/mol. The highest BCUT2D eigenvalue weighted by molar-refractivity contribution is 4.97. The Labute approximate surface area is 110 Å². The molecule has 0 unspecified atom stereocenters. The normalized spacial score (nSPS) is 18.3. The molecule has 1 aliphatic rings. The van der Waals surface area contributed by atoms with Gasteiger partial charge in [0.1, 0.15) is 12.2 Å². The summed E-state index contributed by atoms with van der Waals surface area (Å²) in [5.41, 5.74) is 0.426. The fourth-order valence-corrected chi connectivity index (χ4v) is 3.10. The van der Waals surface area contributed by atoms with Gasteiger partial charge in [-0.05, 0) is 38.1 Å². The predicted octanol–water partition coefficient (Wildman–Crippen LogP) is 2.40. The monoisotopic (exact) mass is 250 g/mol. The molecule has 1 aromatic heterocycles. The van der Waals surface area contributed by atoms with Crippen LogP contribution in [0.15, 0.2) is 6.33 Å². The Morgan fingerprint density at radius 1 is 1.33 bits per heavy atom. The van der Waals surface area contributed by atoms with Crippen molar-refractivity contribution in [3.8, 4) is 0 Å². The summed E-state index contributed by atoms with van der Waals surface area (Å²) in [5, 5.41) is 7.90. The molecule has 0 atom stereocenters. The average Bonchev–Trinajstić information content (AvgIpc) is 3.00. The SMILES string of the molecule is CCCNCC1(Cc2ncnn2CC)CCCC1. The van der Waals surface area contributed by atoms with Gasteiger partial charge in [-0.2, -0.15) is 5.10 Å². The van der Waals surface area contributed by atoms with Crippen molar-refractivity contribution in [3.05, 3.63) is 12.2 Å². The maximum absolute atomic E-state index is 4.45. The first-order valence-electron chi connectivity index (χ1n) is 7.37.